The predicted octanol–water partition coefficient (Wildman–Crippen LogP) is 0.0707. The fourth-order valence-corrected chi connectivity index (χ4v) is 4.23. The van der Waals surface area contributed by atoms with Crippen molar-refractivity contribution < 1.29 is 17.9 Å². The van der Waals surface area contributed by atoms with E-state index in [-0.39, 0.29) is 9.47 Å². The van der Waals surface area contributed by atoms with Crippen LogP contribution in [0.2, 0.25) is 0 Å². The number of carbonyl (C=O) groups is 1. The summed E-state index contributed by atoms with van der Waals surface area (Å²) in [7, 11) is 0.641. The molecule has 0 aromatic carbocycles. The van der Waals surface area contributed by atoms with E-state index in [4.69, 9.17) is 4.74 Å². The standard InChI is InChI=1S/C10H17N5O4S2/c1-11-8(16)14(2)9-12-13-10(20-9)21(17,18)15(3)7-5-4-6-19-7/h7H,4-6H2,1-3H3,(H,11,16). The molecule has 0 spiro atoms. The Morgan fingerprint density at radius 3 is 2.71 bits per heavy atom. The van der Waals surface area contributed by atoms with Crippen molar-refractivity contribution in [2.24, 2.45) is 0 Å². The van der Waals surface area contributed by atoms with Gasteiger partial charge in [-0.2, -0.15) is 4.31 Å². The molecule has 2 heterocycles. The highest BCUT2D eigenvalue weighted by Gasteiger charge is 2.34. The van der Waals surface area contributed by atoms with Gasteiger partial charge in [-0.1, -0.05) is 11.3 Å². The van der Waals surface area contributed by atoms with Crippen molar-refractivity contribution in [1.82, 2.24) is 19.8 Å². The van der Waals surface area contributed by atoms with Gasteiger partial charge in [0.1, 0.15) is 6.23 Å². The van der Waals surface area contributed by atoms with Gasteiger partial charge >= 0.3 is 6.03 Å². The van der Waals surface area contributed by atoms with Gasteiger partial charge in [-0.15, -0.1) is 10.2 Å². The van der Waals surface area contributed by atoms with Gasteiger partial charge in [0.05, 0.1) is 0 Å². The highest BCUT2D eigenvalue weighted by molar-refractivity contribution is 7.91. The Hall–Kier alpha value is -1.30. The Bertz CT molecular complexity index is 611. The van der Waals surface area contributed by atoms with E-state index in [1.54, 1.807) is 0 Å². The number of aromatic nitrogens is 2. The first-order valence-electron chi connectivity index (χ1n) is 6.26. The summed E-state index contributed by atoms with van der Waals surface area (Å²) in [6.45, 7) is 0.547. The van der Waals surface area contributed by atoms with E-state index < -0.39 is 22.3 Å². The first kappa shape index (κ1) is 16.1. The summed E-state index contributed by atoms with van der Waals surface area (Å²) in [6.07, 6.45) is 1.00. The third-order valence-corrected chi connectivity index (χ3v) is 6.30. The topological polar surface area (TPSA) is 105 Å². The fourth-order valence-electron chi connectivity index (χ4n) is 1.82. The number of nitrogens with zero attached hydrogens (tertiary/aromatic N) is 4. The highest BCUT2D eigenvalue weighted by atomic mass is 32.2. The molecule has 1 N–H and O–H groups in total. The second-order valence-electron chi connectivity index (χ2n) is 4.45. The van der Waals surface area contributed by atoms with Crippen LogP contribution in [0.25, 0.3) is 0 Å². The second kappa shape index (κ2) is 6.22. The SMILES string of the molecule is CNC(=O)N(C)c1nnc(S(=O)(=O)N(C)C2CCCO2)s1. The van der Waals surface area contributed by atoms with E-state index in [9.17, 15) is 13.2 Å². The van der Waals surface area contributed by atoms with Crippen molar-refractivity contribution >= 4 is 32.5 Å². The van der Waals surface area contributed by atoms with Gasteiger partial charge in [0.25, 0.3) is 10.0 Å². The molecule has 118 valence electrons. The number of ether oxygens (including phenoxy) is 1. The summed E-state index contributed by atoms with van der Waals surface area (Å²) >= 11 is 0.836. The van der Waals surface area contributed by atoms with Crippen LogP contribution >= 0.6 is 11.3 Å². The lowest BCUT2D eigenvalue weighted by Gasteiger charge is -2.21. The molecule has 0 radical (unpaired) electrons. The molecule has 1 aromatic rings. The Kier molecular flexibility index (Phi) is 4.76. The third-order valence-electron chi connectivity index (χ3n) is 3.11. The van der Waals surface area contributed by atoms with Crippen molar-refractivity contribution in [2.75, 3.05) is 32.6 Å². The van der Waals surface area contributed by atoms with Gasteiger partial charge in [-0.25, -0.2) is 13.2 Å². The van der Waals surface area contributed by atoms with Gasteiger partial charge in [0.15, 0.2) is 0 Å². The lowest BCUT2D eigenvalue weighted by molar-refractivity contribution is 0.0395. The molecular formula is C10H17N5O4S2. The molecule has 11 heteroatoms. The average molecular weight is 335 g/mol. The van der Waals surface area contributed by atoms with Crippen LogP contribution in [0.3, 0.4) is 0 Å². The Morgan fingerprint density at radius 2 is 2.14 bits per heavy atom. The number of amides is 2. The molecule has 0 aliphatic carbocycles. The number of rotatable bonds is 4. The number of urea groups is 1. The number of anilines is 1. The van der Waals surface area contributed by atoms with Crippen molar-refractivity contribution in [2.45, 2.75) is 23.4 Å². The van der Waals surface area contributed by atoms with Crippen LogP contribution in [0.4, 0.5) is 9.93 Å². The summed E-state index contributed by atoms with van der Waals surface area (Å²) in [5.41, 5.74) is 0. The van der Waals surface area contributed by atoms with Crippen LogP contribution in [0.5, 0.6) is 0 Å². The molecule has 0 bridgehead atoms. The number of nitrogens with one attached hydrogen (secondary N) is 1. The van der Waals surface area contributed by atoms with Crippen LogP contribution in [-0.4, -0.2) is 62.9 Å². The zero-order valence-corrected chi connectivity index (χ0v) is 13.6. The summed E-state index contributed by atoms with van der Waals surface area (Å²) in [6, 6.07) is -0.400. The van der Waals surface area contributed by atoms with E-state index in [1.165, 1.54) is 26.0 Å². The lowest BCUT2D eigenvalue weighted by atomic mass is 10.3. The van der Waals surface area contributed by atoms with Gasteiger partial charge in [-0.05, 0) is 12.8 Å². The quantitative estimate of drug-likeness (QED) is 0.781. The molecular weight excluding hydrogens is 318 g/mol. The molecule has 1 unspecified atom stereocenters. The molecule has 21 heavy (non-hydrogen) atoms. The first-order chi connectivity index (χ1) is 9.87. The summed E-state index contributed by atoms with van der Waals surface area (Å²) in [4.78, 5) is 12.7. The second-order valence-corrected chi connectivity index (χ2v) is 7.58. The van der Waals surface area contributed by atoms with Crippen molar-refractivity contribution in [3.05, 3.63) is 0 Å². The van der Waals surface area contributed by atoms with Crippen LogP contribution in [0.15, 0.2) is 4.34 Å². The predicted molar refractivity (Wildman–Crippen MR) is 76.7 cm³/mol. The van der Waals surface area contributed by atoms with Gasteiger partial charge in [0, 0.05) is 27.7 Å². The van der Waals surface area contributed by atoms with Crippen molar-refractivity contribution in [3.8, 4) is 0 Å². The smallest absolute Gasteiger partial charge is 0.323 e. The van der Waals surface area contributed by atoms with E-state index in [2.05, 4.69) is 15.5 Å². The zero-order valence-electron chi connectivity index (χ0n) is 11.9. The minimum Gasteiger partial charge on any atom is -0.362 e. The Balaban J connectivity index is 2.21. The highest BCUT2D eigenvalue weighted by Crippen LogP contribution is 2.28. The number of sulfonamides is 1. The maximum atomic E-state index is 12.4. The maximum Gasteiger partial charge on any atom is 0.323 e. The lowest BCUT2D eigenvalue weighted by Crippen LogP contribution is -2.36. The fraction of sp³-hybridized carbons (Fsp3) is 0.700. The number of carbonyl (C=O) groups excluding carboxylic acids is 1. The molecule has 1 atom stereocenters. The van der Waals surface area contributed by atoms with Gasteiger partial charge in [-0.3, -0.25) is 4.90 Å². The average Bonchev–Trinajstić information content (AvgIpc) is 3.15. The monoisotopic (exact) mass is 335 g/mol. The largest absolute Gasteiger partial charge is 0.362 e. The number of hydrogen-bond donors (Lipinski definition) is 1. The van der Waals surface area contributed by atoms with Crippen LogP contribution in [-0.2, 0) is 14.8 Å². The van der Waals surface area contributed by atoms with E-state index >= 15 is 0 Å². The van der Waals surface area contributed by atoms with Crippen LogP contribution in [0, 0.1) is 0 Å². The summed E-state index contributed by atoms with van der Waals surface area (Å²) in [5.74, 6) is 0. The van der Waals surface area contributed by atoms with Gasteiger partial charge < -0.3 is 10.1 Å². The van der Waals surface area contributed by atoms with E-state index in [0.717, 1.165) is 22.1 Å². The molecule has 2 amide bonds. The van der Waals surface area contributed by atoms with E-state index in [1.807, 2.05) is 0 Å². The molecule has 9 nitrogen and oxygen atoms in total. The Morgan fingerprint density at radius 1 is 1.43 bits per heavy atom. The first-order valence-corrected chi connectivity index (χ1v) is 8.52. The molecule has 1 fully saturated rings. The third kappa shape index (κ3) is 3.15. The molecule has 0 saturated carbocycles. The molecule has 1 aliphatic rings. The minimum atomic E-state index is -3.77. The molecule has 1 saturated heterocycles. The molecule has 1 aromatic heterocycles. The van der Waals surface area contributed by atoms with E-state index in [0.29, 0.717) is 13.0 Å². The van der Waals surface area contributed by atoms with Crippen molar-refractivity contribution in [1.29, 1.82) is 0 Å². The minimum absolute atomic E-state index is 0.161. The van der Waals surface area contributed by atoms with Crippen molar-refractivity contribution in [3.63, 3.8) is 0 Å². The summed E-state index contributed by atoms with van der Waals surface area (Å²) < 4.78 is 31.2. The maximum absolute atomic E-state index is 12.4. The number of hydrogen-bond acceptors (Lipinski definition) is 7. The van der Waals surface area contributed by atoms with Gasteiger partial charge in [0.2, 0.25) is 9.47 Å². The summed E-state index contributed by atoms with van der Waals surface area (Å²) in [5, 5.41) is 10.1. The molecule has 2 rings (SSSR count). The normalized spacial score (nSPS) is 19.0. The Labute approximate surface area is 126 Å². The molecule has 1 aliphatic heterocycles. The zero-order chi connectivity index (χ0) is 15.6. The van der Waals surface area contributed by atoms with Crippen LogP contribution < -0.4 is 10.2 Å². The van der Waals surface area contributed by atoms with Crippen LogP contribution in [0.1, 0.15) is 12.8 Å².